The number of rotatable bonds is 3. The molecule has 0 unspecified atom stereocenters. The van der Waals surface area contributed by atoms with Gasteiger partial charge in [-0.2, -0.15) is 0 Å². The van der Waals surface area contributed by atoms with Gasteiger partial charge in [-0.3, -0.25) is 4.98 Å². The number of aromatic nitrogens is 2. The van der Waals surface area contributed by atoms with Gasteiger partial charge in [0, 0.05) is 28.9 Å². The Morgan fingerprint density at radius 3 is 2.43 bits per heavy atom. The van der Waals surface area contributed by atoms with Gasteiger partial charge in [0.15, 0.2) is 0 Å². The Hall–Kier alpha value is -2.53. The molecule has 3 aromatic rings. The average Bonchev–Trinajstić information content (AvgIpc) is 3.05. The van der Waals surface area contributed by atoms with E-state index in [0.29, 0.717) is 5.56 Å². The Kier molecular flexibility index (Phi) is 3.75. The first-order chi connectivity index (χ1) is 10.3. The number of carbonyl (C=O) groups is 1. The summed E-state index contributed by atoms with van der Waals surface area (Å²) in [5.74, 6) is -0.335. The summed E-state index contributed by atoms with van der Waals surface area (Å²) < 4.78 is 4.69. The maximum absolute atomic E-state index is 11.4. The lowest BCUT2D eigenvalue weighted by Gasteiger charge is -2.00. The highest BCUT2D eigenvalue weighted by Crippen LogP contribution is 2.28. The van der Waals surface area contributed by atoms with Crippen LogP contribution in [-0.4, -0.2) is 23.0 Å². The zero-order chi connectivity index (χ0) is 14.7. The standard InChI is InChI=1S/C16H12N2O2S/c1-20-16(19)13-4-2-12(3-5-13)15-18-14(10-21-15)11-6-8-17-9-7-11/h2-10H,1H3. The predicted molar refractivity (Wildman–Crippen MR) is 82.1 cm³/mol. The molecule has 104 valence electrons. The number of pyridine rings is 1. The van der Waals surface area contributed by atoms with Gasteiger partial charge in [0.05, 0.1) is 18.4 Å². The lowest BCUT2D eigenvalue weighted by molar-refractivity contribution is 0.0601. The zero-order valence-corrected chi connectivity index (χ0v) is 12.1. The number of methoxy groups -OCH3 is 1. The van der Waals surface area contributed by atoms with Crippen LogP contribution in [0.15, 0.2) is 54.2 Å². The molecule has 0 aliphatic carbocycles. The molecular weight excluding hydrogens is 284 g/mol. The van der Waals surface area contributed by atoms with Crippen LogP contribution in [0.5, 0.6) is 0 Å². The van der Waals surface area contributed by atoms with E-state index < -0.39 is 0 Å². The molecule has 1 aromatic carbocycles. The van der Waals surface area contributed by atoms with Crippen LogP contribution >= 0.6 is 11.3 Å². The highest BCUT2D eigenvalue weighted by molar-refractivity contribution is 7.13. The van der Waals surface area contributed by atoms with E-state index in [4.69, 9.17) is 0 Å². The molecule has 2 aromatic heterocycles. The van der Waals surface area contributed by atoms with Gasteiger partial charge >= 0.3 is 5.97 Å². The lowest BCUT2D eigenvalue weighted by atomic mass is 10.1. The van der Waals surface area contributed by atoms with E-state index in [0.717, 1.165) is 21.8 Å². The van der Waals surface area contributed by atoms with Crippen molar-refractivity contribution in [2.45, 2.75) is 0 Å². The van der Waals surface area contributed by atoms with Crippen LogP contribution in [0, 0.1) is 0 Å². The van der Waals surface area contributed by atoms with Gasteiger partial charge in [0.2, 0.25) is 0 Å². The first kappa shape index (κ1) is 13.5. The summed E-state index contributed by atoms with van der Waals surface area (Å²) in [5, 5.41) is 2.93. The van der Waals surface area contributed by atoms with Crippen LogP contribution in [0.4, 0.5) is 0 Å². The van der Waals surface area contributed by atoms with Gasteiger partial charge in [-0.25, -0.2) is 9.78 Å². The van der Waals surface area contributed by atoms with Crippen LogP contribution in [0.25, 0.3) is 21.8 Å². The number of esters is 1. The van der Waals surface area contributed by atoms with Crippen LogP contribution in [0.2, 0.25) is 0 Å². The summed E-state index contributed by atoms with van der Waals surface area (Å²) in [6.45, 7) is 0. The molecule has 0 aliphatic heterocycles. The summed E-state index contributed by atoms with van der Waals surface area (Å²) in [4.78, 5) is 20.0. The van der Waals surface area contributed by atoms with Gasteiger partial charge in [0.1, 0.15) is 5.01 Å². The van der Waals surface area contributed by atoms with Crippen molar-refractivity contribution in [1.29, 1.82) is 0 Å². The minimum absolute atomic E-state index is 0.335. The zero-order valence-electron chi connectivity index (χ0n) is 11.3. The molecule has 0 radical (unpaired) electrons. The third kappa shape index (κ3) is 2.83. The van der Waals surface area contributed by atoms with Gasteiger partial charge in [0.25, 0.3) is 0 Å². The number of hydrogen-bond donors (Lipinski definition) is 0. The van der Waals surface area contributed by atoms with E-state index in [1.54, 1.807) is 35.9 Å². The Morgan fingerprint density at radius 2 is 1.76 bits per heavy atom. The summed E-state index contributed by atoms with van der Waals surface area (Å²) in [5.41, 5.74) is 3.48. The number of hydrogen-bond acceptors (Lipinski definition) is 5. The molecular formula is C16H12N2O2S. The fourth-order valence-electron chi connectivity index (χ4n) is 1.93. The first-order valence-corrected chi connectivity index (χ1v) is 7.20. The largest absolute Gasteiger partial charge is 0.465 e. The van der Waals surface area contributed by atoms with E-state index in [-0.39, 0.29) is 5.97 Å². The van der Waals surface area contributed by atoms with E-state index in [2.05, 4.69) is 14.7 Å². The Morgan fingerprint density at radius 1 is 1.05 bits per heavy atom. The third-order valence-electron chi connectivity index (χ3n) is 3.03. The van der Waals surface area contributed by atoms with Crippen molar-refractivity contribution >= 4 is 17.3 Å². The second-order valence-corrected chi connectivity index (χ2v) is 5.20. The van der Waals surface area contributed by atoms with E-state index in [1.807, 2.05) is 29.6 Å². The summed E-state index contributed by atoms with van der Waals surface area (Å²) in [6, 6.07) is 11.1. The summed E-state index contributed by atoms with van der Waals surface area (Å²) in [7, 11) is 1.37. The van der Waals surface area contributed by atoms with Crippen molar-refractivity contribution < 1.29 is 9.53 Å². The van der Waals surface area contributed by atoms with Crippen molar-refractivity contribution in [3.05, 3.63) is 59.7 Å². The molecule has 4 nitrogen and oxygen atoms in total. The molecule has 0 fully saturated rings. The number of thiazole rings is 1. The molecule has 21 heavy (non-hydrogen) atoms. The maximum Gasteiger partial charge on any atom is 0.337 e. The summed E-state index contributed by atoms with van der Waals surface area (Å²) >= 11 is 1.57. The van der Waals surface area contributed by atoms with Crippen LogP contribution in [0.3, 0.4) is 0 Å². The number of carbonyl (C=O) groups excluding carboxylic acids is 1. The molecule has 0 aliphatic rings. The van der Waals surface area contributed by atoms with Gasteiger partial charge in [-0.15, -0.1) is 11.3 Å². The molecule has 5 heteroatoms. The fourth-order valence-corrected chi connectivity index (χ4v) is 2.76. The Balaban J connectivity index is 1.88. The number of ether oxygens (including phenoxy) is 1. The Bertz CT molecular complexity index is 751. The molecule has 0 atom stereocenters. The molecule has 0 N–H and O–H groups in total. The fraction of sp³-hybridized carbons (Fsp3) is 0.0625. The minimum Gasteiger partial charge on any atom is -0.465 e. The topological polar surface area (TPSA) is 52.1 Å². The molecule has 0 saturated heterocycles. The van der Waals surface area contributed by atoms with E-state index in [9.17, 15) is 4.79 Å². The van der Waals surface area contributed by atoms with E-state index in [1.165, 1.54) is 7.11 Å². The van der Waals surface area contributed by atoms with Crippen molar-refractivity contribution in [1.82, 2.24) is 9.97 Å². The third-order valence-corrected chi connectivity index (χ3v) is 3.92. The van der Waals surface area contributed by atoms with Crippen LogP contribution < -0.4 is 0 Å². The molecule has 3 rings (SSSR count). The number of nitrogens with zero attached hydrogens (tertiary/aromatic N) is 2. The average molecular weight is 296 g/mol. The van der Waals surface area contributed by atoms with Crippen molar-refractivity contribution in [2.75, 3.05) is 7.11 Å². The van der Waals surface area contributed by atoms with E-state index >= 15 is 0 Å². The van der Waals surface area contributed by atoms with Gasteiger partial charge < -0.3 is 4.74 Å². The predicted octanol–water partition coefficient (Wildman–Crippen LogP) is 3.66. The maximum atomic E-state index is 11.4. The number of benzene rings is 1. The normalized spacial score (nSPS) is 10.3. The quantitative estimate of drug-likeness (QED) is 0.692. The van der Waals surface area contributed by atoms with Crippen molar-refractivity contribution in [2.24, 2.45) is 0 Å². The smallest absolute Gasteiger partial charge is 0.337 e. The van der Waals surface area contributed by atoms with Crippen molar-refractivity contribution in [3.8, 4) is 21.8 Å². The molecule has 2 heterocycles. The first-order valence-electron chi connectivity index (χ1n) is 6.32. The summed E-state index contributed by atoms with van der Waals surface area (Å²) in [6.07, 6.45) is 3.50. The molecule has 0 spiro atoms. The van der Waals surface area contributed by atoms with Crippen molar-refractivity contribution in [3.63, 3.8) is 0 Å². The van der Waals surface area contributed by atoms with Crippen LogP contribution in [-0.2, 0) is 4.74 Å². The molecule has 0 bridgehead atoms. The van der Waals surface area contributed by atoms with Crippen LogP contribution in [0.1, 0.15) is 10.4 Å². The van der Waals surface area contributed by atoms with Gasteiger partial charge in [-0.1, -0.05) is 12.1 Å². The Labute approximate surface area is 126 Å². The monoisotopic (exact) mass is 296 g/mol. The lowest BCUT2D eigenvalue weighted by Crippen LogP contribution is -2.00. The van der Waals surface area contributed by atoms with Gasteiger partial charge in [-0.05, 0) is 24.3 Å². The minimum atomic E-state index is -0.335. The SMILES string of the molecule is COC(=O)c1ccc(-c2nc(-c3ccncc3)cs2)cc1. The highest BCUT2D eigenvalue weighted by atomic mass is 32.1. The molecule has 0 saturated carbocycles. The molecule has 0 amide bonds. The second kappa shape index (κ2) is 5.85. The highest BCUT2D eigenvalue weighted by Gasteiger charge is 2.09. The second-order valence-electron chi connectivity index (χ2n) is 4.34.